The zero-order chi connectivity index (χ0) is 27.0. The Kier molecular flexibility index (Phi) is 8.06. The van der Waals surface area contributed by atoms with Gasteiger partial charge in [0, 0.05) is 12.2 Å². The number of aryl methyl sites for hydroxylation is 1. The lowest BCUT2D eigenvalue weighted by Crippen LogP contribution is -2.25. The summed E-state index contributed by atoms with van der Waals surface area (Å²) in [4.78, 5) is 32.8. The maximum Gasteiger partial charge on any atom is 0.417 e. The van der Waals surface area contributed by atoms with Crippen LogP contribution in [0.15, 0.2) is 60.7 Å². The van der Waals surface area contributed by atoms with Crippen LogP contribution in [0.1, 0.15) is 43.2 Å². The molecule has 0 fully saturated rings. The van der Waals surface area contributed by atoms with Gasteiger partial charge < -0.3 is 15.6 Å². The normalized spacial score (nSPS) is 11.7. The van der Waals surface area contributed by atoms with Crippen LogP contribution in [0.4, 0.5) is 32.0 Å². The molecule has 0 bridgehead atoms. The van der Waals surface area contributed by atoms with Crippen molar-refractivity contribution in [2.24, 2.45) is 0 Å². The summed E-state index contributed by atoms with van der Waals surface area (Å²) in [5, 5.41) is 4.77. The largest absolute Gasteiger partial charge is 0.417 e. The summed E-state index contributed by atoms with van der Waals surface area (Å²) in [5.74, 6) is -1.45. The number of carbonyl (C=O) groups excluding carboxylic acids is 2. The average Bonchev–Trinajstić information content (AvgIpc) is 3.21. The second-order valence-electron chi connectivity index (χ2n) is 8.08. The Bertz CT molecular complexity index is 1500. The van der Waals surface area contributed by atoms with Crippen molar-refractivity contribution in [3.05, 3.63) is 94.3 Å². The van der Waals surface area contributed by atoms with Gasteiger partial charge in [-0.15, -0.1) is 12.4 Å². The summed E-state index contributed by atoms with van der Waals surface area (Å²) < 4.78 is 79.9. The lowest BCUT2D eigenvalue weighted by Gasteiger charge is -2.14. The van der Waals surface area contributed by atoms with Crippen molar-refractivity contribution in [3.8, 4) is 0 Å². The van der Waals surface area contributed by atoms with E-state index in [4.69, 9.17) is 0 Å². The maximum absolute atomic E-state index is 13.3. The summed E-state index contributed by atoms with van der Waals surface area (Å²) in [6, 6.07) is 11.6. The molecule has 0 radical (unpaired) electrons. The van der Waals surface area contributed by atoms with E-state index < -0.39 is 47.4 Å². The van der Waals surface area contributed by atoms with Crippen LogP contribution in [0.25, 0.3) is 11.0 Å². The van der Waals surface area contributed by atoms with E-state index in [9.17, 15) is 35.9 Å². The number of hydrogen-bond acceptors (Lipinski definition) is 3. The van der Waals surface area contributed by atoms with Crippen LogP contribution in [-0.2, 0) is 18.9 Å². The van der Waals surface area contributed by atoms with Gasteiger partial charge in [-0.2, -0.15) is 26.3 Å². The Morgan fingerprint density at radius 1 is 0.842 bits per heavy atom. The van der Waals surface area contributed by atoms with E-state index in [1.807, 2.05) is 0 Å². The number of H-pyrrole nitrogens is 1. The van der Waals surface area contributed by atoms with Crippen molar-refractivity contribution < 1.29 is 35.9 Å². The highest BCUT2D eigenvalue weighted by Gasteiger charge is 2.35. The van der Waals surface area contributed by atoms with Gasteiger partial charge in [0.05, 0.1) is 27.8 Å². The second-order valence-corrected chi connectivity index (χ2v) is 8.08. The number of aromatic amines is 1. The smallest absolute Gasteiger partial charge is 0.348 e. The molecule has 1 heterocycles. The predicted octanol–water partition coefficient (Wildman–Crippen LogP) is 6.51. The molecular formula is C25H19ClF6N4O2. The maximum atomic E-state index is 13.3. The van der Waals surface area contributed by atoms with E-state index in [0.29, 0.717) is 11.3 Å². The quantitative estimate of drug-likeness (QED) is 0.245. The number of fused-ring (bicyclic) bond motifs is 1. The minimum atomic E-state index is -4.77. The molecule has 0 atom stereocenters. The third-order valence-electron chi connectivity index (χ3n) is 5.45. The van der Waals surface area contributed by atoms with Crippen LogP contribution in [0.3, 0.4) is 0 Å². The van der Waals surface area contributed by atoms with Crippen molar-refractivity contribution >= 4 is 40.9 Å². The fraction of sp³-hybridized carbons (Fsp3) is 0.160. The number of alkyl halides is 6. The number of benzene rings is 3. The fourth-order valence-corrected chi connectivity index (χ4v) is 3.83. The Morgan fingerprint density at radius 2 is 1.45 bits per heavy atom. The standard InChI is InChI=1S/C25H18F6N4O2.ClH/c1-13-33-20-11-15(35-23(37)16-7-3-5-9-19(16)25(29,30)31)10-17(21(20)34-13)22(36)32-12-14-6-2-4-8-18(14)24(26,27)28;/h2-11H,12H2,1H3,(H,32,36)(H,33,34)(H,35,37);1H. The molecule has 0 aliphatic rings. The Balaban J connectivity index is 0.00000400. The zero-order valence-electron chi connectivity index (χ0n) is 19.4. The highest BCUT2D eigenvalue weighted by atomic mass is 35.5. The van der Waals surface area contributed by atoms with Crippen LogP contribution in [-0.4, -0.2) is 21.8 Å². The first-order chi connectivity index (χ1) is 17.3. The molecule has 38 heavy (non-hydrogen) atoms. The summed E-state index contributed by atoms with van der Waals surface area (Å²) in [6.45, 7) is 1.15. The van der Waals surface area contributed by atoms with Gasteiger partial charge in [-0.3, -0.25) is 9.59 Å². The molecule has 0 spiro atoms. The van der Waals surface area contributed by atoms with E-state index in [0.717, 1.165) is 24.3 Å². The van der Waals surface area contributed by atoms with Gasteiger partial charge in [0.2, 0.25) is 0 Å². The van der Waals surface area contributed by atoms with E-state index >= 15 is 0 Å². The minimum Gasteiger partial charge on any atom is -0.348 e. The highest BCUT2D eigenvalue weighted by molar-refractivity contribution is 6.10. The molecule has 1 aromatic heterocycles. The average molecular weight is 557 g/mol. The van der Waals surface area contributed by atoms with E-state index in [-0.39, 0.29) is 34.7 Å². The van der Waals surface area contributed by atoms with Gasteiger partial charge in [0.15, 0.2) is 0 Å². The molecule has 4 rings (SSSR count). The van der Waals surface area contributed by atoms with Crippen LogP contribution in [0, 0.1) is 6.92 Å². The van der Waals surface area contributed by atoms with Gasteiger partial charge in [-0.05, 0) is 42.8 Å². The molecule has 4 aromatic rings. The van der Waals surface area contributed by atoms with Crippen molar-refractivity contribution in [2.45, 2.75) is 25.8 Å². The highest BCUT2D eigenvalue weighted by Crippen LogP contribution is 2.33. The Hall–Kier alpha value is -4.06. The first-order valence-corrected chi connectivity index (χ1v) is 10.8. The molecule has 0 saturated carbocycles. The number of halogens is 7. The molecule has 0 saturated heterocycles. The van der Waals surface area contributed by atoms with Crippen LogP contribution >= 0.6 is 12.4 Å². The number of nitrogens with one attached hydrogen (secondary N) is 3. The third kappa shape index (κ3) is 6.08. The molecule has 6 nitrogen and oxygen atoms in total. The van der Waals surface area contributed by atoms with Crippen molar-refractivity contribution in [3.63, 3.8) is 0 Å². The molecule has 0 aliphatic carbocycles. The molecule has 0 unspecified atom stereocenters. The number of hydrogen-bond donors (Lipinski definition) is 3. The summed E-state index contributed by atoms with van der Waals surface area (Å²) >= 11 is 0. The SMILES string of the molecule is Cc1nc2c(C(=O)NCc3ccccc3C(F)(F)F)cc(NC(=O)c3ccccc3C(F)(F)F)cc2[nH]1.Cl. The lowest BCUT2D eigenvalue weighted by atomic mass is 10.1. The number of rotatable bonds is 5. The number of anilines is 1. The van der Waals surface area contributed by atoms with Gasteiger partial charge in [-0.25, -0.2) is 4.98 Å². The molecule has 13 heteroatoms. The Morgan fingerprint density at radius 3 is 2.11 bits per heavy atom. The first kappa shape index (κ1) is 28.5. The minimum absolute atomic E-state index is 0. The predicted molar refractivity (Wildman–Crippen MR) is 130 cm³/mol. The topological polar surface area (TPSA) is 86.9 Å². The number of nitrogens with zero attached hydrogens (tertiary/aromatic N) is 1. The summed E-state index contributed by atoms with van der Waals surface area (Å²) in [7, 11) is 0. The van der Waals surface area contributed by atoms with Crippen molar-refractivity contribution in [2.75, 3.05) is 5.32 Å². The molecular weight excluding hydrogens is 538 g/mol. The molecule has 0 aliphatic heterocycles. The van der Waals surface area contributed by atoms with Crippen LogP contribution in [0.2, 0.25) is 0 Å². The van der Waals surface area contributed by atoms with Gasteiger partial charge in [0.25, 0.3) is 11.8 Å². The van der Waals surface area contributed by atoms with Crippen LogP contribution < -0.4 is 10.6 Å². The molecule has 200 valence electrons. The summed E-state index contributed by atoms with van der Waals surface area (Å²) in [6.07, 6.45) is -9.39. The van der Waals surface area contributed by atoms with E-state index in [1.54, 1.807) is 6.92 Å². The fourth-order valence-electron chi connectivity index (χ4n) is 3.83. The monoisotopic (exact) mass is 556 g/mol. The number of aromatic nitrogens is 2. The first-order valence-electron chi connectivity index (χ1n) is 10.8. The molecule has 3 aromatic carbocycles. The Labute approximate surface area is 217 Å². The van der Waals surface area contributed by atoms with Crippen molar-refractivity contribution in [1.29, 1.82) is 0 Å². The second kappa shape index (κ2) is 10.7. The number of imidazole rings is 1. The lowest BCUT2D eigenvalue weighted by molar-refractivity contribution is -0.138. The molecule has 2 amide bonds. The van der Waals surface area contributed by atoms with E-state index in [1.165, 1.54) is 36.4 Å². The third-order valence-corrected chi connectivity index (χ3v) is 5.45. The van der Waals surface area contributed by atoms with Gasteiger partial charge >= 0.3 is 12.4 Å². The number of amides is 2. The van der Waals surface area contributed by atoms with Gasteiger partial charge in [-0.1, -0.05) is 30.3 Å². The van der Waals surface area contributed by atoms with Crippen molar-refractivity contribution in [1.82, 2.24) is 15.3 Å². The summed E-state index contributed by atoms with van der Waals surface area (Å²) in [5.41, 5.74) is -2.46. The van der Waals surface area contributed by atoms with Gasteiger partial charge in [0.1, 0.15) is 11.3 Å². The molecule has 3 N–H and O–H groups in total. The number of carbonyl (C=O) groups is 2. The van der Waals surface area contributed by atoms with E-state index in [2.05, 4.69) is 20.6 Å². The van der Waals surface area contributed by atoms with Crippen LogP contribution in [0.5, 0.6) is 0 Å². The zero-order valence-corrected chi connectivity index (χ0v) is 20.2.